The summed E-state index contributed by atoms with van der Waals surface area (Å²) < 4.78 is 10.2. The average Bonchev–Trinajstić information content (AvgIpc) is 2.38. The Morgan fingerprint density at radius 1 is 1.18 bits per heavy atom. The molecular formula is C14H21NO2. The van der Waals surface area contributed by atoms with Crippen molar-refractivity contribution >= 4 is 6.08 Å². The molecule has 0 atom stereocenters. The highest BCUT2D eigenvalue weighted by molar-refractivity contribution is 5.56. The zero-order valence-electron chi connectivity index (χ0n) is 10.6. The second kappa shape index (κ2) is 8.79. The lowest BCUT2D eigenvalue weighted by Crippen LogP contribution is -2.19. The van der Waals surface area contributed by atoms with Crippen molar-refractivity contribution in [2.75, 3.05) is 33.9 Å². The van der Waals surface area contributed by atoms with E-state index in [0.717, 1.165) is 37.4 Å². The number of para-hydroxylation sites is 1. The maximum Gasteiger partial charge on any atom is 0.126 e. The summed E-state index contributed by atoms with van der Waals surface area (Å²) >= 11 is 0. The molecule has 0 aromatic heterocycles. The molecule has 0 aliphatic heterocycles. The Labute approximate surface area is 103 Å². The van der Waals surface area contributed by atoms with E-state index in [1.165, 1.54) is 0 Å². The smallest absolute Gasteiger partial charge is 0.126 e. The minimum absolute atomic E-state index is 0.760. The van der Waals surface area contributed by atoms with Gasteiger partial charge in [-0.3, -0.25) is 0 Å². The highest BCUT2D eigenvalue weighted by Crippen LogP contribution is 2.18. The molecule has 94 valence electrons. The average molecular weight is 235 g/mol. The second-order valence-electron chi connectivity index (χ2n) is 3.68. The predicted molar refractivity (Wildman–Crippen MR) is 71.4 cm³/mol. The van der Waals surface area contributed by atoms with Crippen LogP contribution in [0.25, 0.3) is 6.08 Å². The van der Waals surface area contributed by atoms with Crippen molar-refractivity contribution in [1.82, 2.24) is 5.32 Å². The van der Waals surface area contributed by atoms with Crippen molar-refractivity contribution < 1.29 is 9.47 Å². The van der Waals surface area contributed by atoms with E-state index in [0.29, 0.717) is 0 Å². The van der Waals surface area contributed by atoms with Crippen LogP contribution in [0.1, 0.15) is 12.0 Å². The van der Waals surface area contributed by atoms with E-state index in [4.69, 9.17) is 9.47 Å². The van der Waals surface area contributed by atoms with Crippen molar-refractivity contribution in [3.05, 3.63) is 35.9 Å². The lowest BCUT2D eigenvalue weighted by Gasteiger charge is -2.03. The van der Waals surface area contributed by atoms with Gasteiger partial charge in [0.2, 0.25) is 0 Å². The van der Waals surface area contributed by atoms with Crippen LogP contribution in [0.15, 0.2) is 30.3 Å². The first-order valence-corrected chi connectivity index (χ1v) is 5.87. The summed E-state index contributed by atoms with van der Waals surface area (Å²) in [6.45, 7) is 2.63. The number of nitrogens with one attached hydrogen (secondary N) is 1. The molecule has 3 heteroatoms. The van der Waals surface area contributed by atoms with Crippen LogP contribution in [0.3, 0.4) is 0 Å². The molecule has 1 N–H and O–H groups in total. The van der Waals surface area contributed by atoms with Crippen molar-refractivity contribution in [3.8, 4) is 5.75 Å². The Morgan fingerprint density at radius 3 is 2.76 bits per heavy atom. The molecule has 0 aliphatic carbocycles. The molecule has 0 saturated heterocycles. The molecule has 0 aliphatic rings. The van der Waals surface area contributed by atoms with Gasteiger partial charge in [0.1, 0.15) is 5.75 Å². The first-order valence-electron chi connectivity index (χ1n) is 5.87. The van der Waals surface area contributed by atoms with Gasteiger partial charge in [-0.25, -0.2) is 0 Å². The van der Waals surface area contributed by atoms with Gasteiger partial charge in [0, 0.05) is 19.2 Å². The van der Waals surface area contributed by atoms with Crippen LogP contribution in [-0.2, 0) is 4.74 Å². The molecule has 0 spiro atoms. The Hall–Kier alpha value is -1.32. The first-order chi connectivity index (χ1) is 8.38. The van der Waals surface area contributed by atoms with Crippen molar-refractivity contribution in [3.63, 3.8) is 0 Å². The SMILES string of the molecule is COCCNCCC=Cc1ccccc1OC. The number of rotatable bonds is 8. The first kappa shape index (κ1) is 13.7. The molecule has 1 rings (SSSR count). The standard InChI is InChI=1S/C14H21NO2/c1-16-12-11-15-10-6-5-8-13-7-3-4-9-14(13)17-2/h3-5,7-9,15H,6,10-12H2,1-2H3. The molecular weight excluding hydrogens is 214 g/mol. The monoisotopic (exact) mass is 235 g/mol. The molecule has 0 radical (unpaired) electrons. The lowest BCUT2D eigenvalue weighted by molar-refractivity contribution is 0.199. The zero-order valence-corrected chi connectivity index (χ0v) is 10.6. The predicted octanol–water partition coefficient (Wildman–Crippen LogP) is 2.33. The molecule has 0 saturated carbocycles. The number of hydrogen-bond donors (Lipinski definition) is 1. The van der Waals surface area contributed by atoms with Crippen LogP contribution in [0.5, 0.6) is 5.75 Å². The van der Waals surface area contributed by atoms with Crippen molar-refractivity contribution in [2.24, 2.45) is 0 Å². The van der Waals surface area contributed by atoms with Gasteiger partial charge < -0.3 is 14.8 Å². The molecule has 1 aromatic carbocycles. The normalized spacial score (nSPS) is 10.9. The summed E-state index contributed by atoms with van der Waals surface area (Å²) in [5.41, 5.74) is 1.12. The van der Waals surface area contributed by atoms with E-state index in [2.05, 4.69) is 17.5 Å². The van der Waals surface area contributed by atoms with Crippen LogP contribution in [0, 0.1) is 0 Å². The van der Waals surface area contributed by atoms with Crippen LogP contribution >= 0.6 is 0 Å². The zero-order chi connectivity index (χ0) is 12.3. The minimum Gasteiger partial charge on any atom is -0.496 e. The minimum atomic E-state index is 0.760. The molecule has 0 fully saturated rings. The highest BCUT2D eigenvalue weighted by atomic mass is 16.5. The van der Waals surface area contributed by atoms with Gasteiger partial charge in [-0.15, -0.1) is 0 Å². The van der Waals surface area contributed by atoms with Gasteiger partial charge in [-0.2, -0.15) is 0 Å². The summed E-state index contributed by atoms with van der Waals surface area (Å²) in [6, 6.07) is 8.01. The van der Waals surface area contributed by atoms with E-state index >= 15 is 0 Å². The third-order valence-corrected chi connectivity index (χ3v) is 2.41. The van der Waals surface area contributed by atoms with Crippen LogP contribution < -0.4 is 10.1 Å². The molecule has 0 heterocycles. The molecule has 0 unspecified atom stereocenters. The fraction of sp³-hybridized carbons (Fsp3) is 0.429. The van der Waals surface area contributed by atoms with Gasteiger partial charge in [-0.1, -0.05) is 30.4 Å². The summed E-state index contributed by atoms with van der Waals surface area (Å²) in [7, 11) is 3.40. The third-order valence-electron chi connectivity index (χ3n) is 2.41. The Kier molecular flexibility index (Phi) is 7.11. The second-order valence-corrected chi connectivity index (χ2v) is 3.68. The molecule has 17 heavy (non-hydrogen) atoms. The van der Waals surface area contributed by atoms with Gasteiger partial charge in [0.25, 0.3) is 0 Å². The lowest BCUT2D eigenvalue weighted by atomic mass is 10.2. The summed E-state index contributed by atoms with van der Waals surface area (Å²) in [4.78, 5) is 0. The Balaban J connectivity index is 2.28. The Morgan fingerprint density at radius 2 is 2.00 bits per heavy atom. The summed E-state index contributed by atoms with van der Waals surface area (Å²) in [5.74, 6) is 0.913. The topological polar surface area (TPSA) is 30.5 Å². The number of ether oxygens (including phenoxy) is 2. The van der Waals surface area contributed by atoms with E-state index in [-0.39, 0.29) is 0 Å². The number of benzene rings is 1. The maximum atomic E-state index is 5.27. The summed E-state index contributed by atoms with van der Waals surface area (Å²) in [5, 5.41) is 3.29. The molecule has 3 nitrogen and oxygen atoms in total. The van der Waals surface area contributed by atoms with Gasteiger partial charge in [0.15, 0.2) is 0 Å². The number of hydrogen-bond acceptors (Lipinski definition) is 3. The van der Waals surface area contributed by atoms with Crippen molar-refractivity contribution in [1.29, 1.82) is 0 Å². The fourth-order valence-corrected chi connectivity index (χ4v) is 1.50. The number of methoxy groups -OCH3 is 2. The van der Waals surface area contributed by atoms with Gasteiger partial charge in [-0.05, 0) is 19.0 Å². The highest BCUT2D eigenvalue weighted by Gasteiger charge is 1.95. The third kappa shape index (κ3) is 5.52. The molecule has 0 amide bonds. The van der Waals surface area contributed by atoms with Crippen molar-refractivity contribution in [2.45, 2.75) is 6.42 Å². The van der Waals surface area contributed by atoms with E-state index in [1.807, 2.05) is 24.3 Å². The van der Waals surface area contributed by atoms with Gasteiger partial charge >= 0.3 is 0 Å². The molecule has 1 aromatic rings. The van der Waals surface area contributed by atoms with Crippen LogP contribution in [0.4, 0.5) is 0 Å². The fourth-order valence-electron chi connectivity index (χ4n) is 1.50. The van der Waals surface area contributed by atoms with Crippen LogP contribution in [0.2, 0.25) is 0 Å². The summed E-state index contributed by atoms with van der Waals surface area (Å²) in [6.07, 6.45) is 5.25. The van der Waals surface area contributed by atoms with Crippen LogP contribution in [-0.4, -0.2) is 33.9 Å². The van der Waals surface area contributed by atoms with E-state index in [1.54, 1.807) is 14.2 Å². The van der Waals surface area contributed by atoms with E-state index < -0.39 is 0 Å². The largest absolute Gasteiger partial charge is 0.496 e. The van der Waals surface area contributed by atoms with Gasteiger partial charge in [0.05, 0.1) is 13.7 Å². The Bertz CT molecular complexity index is 337. The maximum absolute atomic E-state index is 5.27. The molecule has 0 bridgehead atoms. The van der Waals surface area contributed by atoms with E-state index in [9.17, 15) is 0 Å². The quantitative estimate of drug-likeness (QED) is 0.702.